The monoisotopic (exact) mass is 316 g/mol. The van der Waals surface area contributed by atoms with Crippen molar-refractivity contribution in [3.05, 3.63) is 17.2 Å². The van der Waals surface area contributed by atoms with Gasteiger partial charge in [0.2, 0.25) is 0 Å². The van der Waals surface area contributed by atoms with Crippen molar-refractivity contribution in [1.29, 1.82) is 0 Å². The van der Waals surface area contributed by atoms with Crippen molar-refractivity contribution in [2.24, 2.45) is 0 Å². The minimum atomic E-state index is -0.851. The van der Waals surface area contributed by atoms with Crippen LogP contribution in [0.15, 0.2) is 12.1 Å². The van der Waals surface area contributed by atoms with Crippen molar-refractivity contribution in [2.75, 3.05) is 32.7 Å². The topological polar surface area (TPSA) is 96.9 Å². The molecule has 0 radical (unpaired) electrons. The number of carbonyl (C=O) groups is 2. The summed E-state index contributed by atoms with van der Waals surface area (Å²) >= 11 is 5.94. The second kappa shape index (κ2) is 8.33. The molecule has 0 fully saturated rings. The van der Waals surface area contributed by atoms with Crippen molar-refractivity contribution in [1.82, 2.24) is 5.32 Å². The fourth-order valence-corrected chi connectivity index (χ4v) is 1.73. The number of aliphatic hydroxyl groups is 1. The number of benzene rings is 1. The second-order valence-corrected chi connectivity index (χ2v) is 4.38. The molecule has 1 aromatic rings. The largest absolute Gasteiger partial charge is 0.495 e. The van der Waals surface area contributed by atoms with Gasteiger partial charge in [0.05, 0.1) is 24.9 Å². The molecule has 7 nitrogen and oxygen atoms in total. The minimum Gasteiger partial charge on any atom is -0.495 e. The lowest BCUT2D eigenvalue weighted by Gasteiger charge is -2.13. The Hall–Kier alpha value is -1.99. The quantitative estimate of drug-likeness (QED) is 0.532. The highest BCUT2D eigenvalue weighted by Crippen LogP contribution is 2.35. The summed E-state index contributed by atoms with van der Waals surface area (Å²) in [4.78, 5) is 23.3. The normalized spacial score (nSPS) is 9.90. The molecule has 3 N–H and O–H groups in total. The van der Waals surface area contributed by atoms with Crippen LogP contribution in [0.1, 0.15) is 6.42 Å². The van der Waals surface area contributed by atoms with Gasteiger partial charge in [-0.05, 0) is 6.42 Å². The summed E-state index contributed by atoms with van der Waals surface area (Å²) < 4.78 is 10.1. The SMILES string of the molecule is COc1cc(NC(=O)C(=O)NCCCO)c(OC)cc1Cl. The summed E-state index contributed by atoms with van der Waals surface area (Å²) in [7, 11) is 2.84. The molecule has 1 rings (SSSR count). The Balaban J connectivity index is 2.81. The number of amides is 2. The Kier molecular flexibility index (Phi) is 6.77. The van der Waals surface area contributed by atoms with E-state index in [0.717, 1.165) is 0 Å². The van der Waals surface area contributed by atoms with Gasteiger partial charge >= 0.3 is 11.8 Å². The van der Waals surface area contributed by atoms with Crippen LogP contribution >= 0.6 is 11.6 Å². The number of hydrogen-bond acceptors (Lipinski definition) is 5. The number of hydrogen-bond donors (Lipinski definition) is 3. The van der Waals surface area contributed by atoms with Gasteiger partial charge in [0, 0.05) is 25.3 Å². The van der Waals surface area contributed by atoms with Gasteiger partial charge in [0.1, 0.15) is 11.5 Å². The van der Waals surface area contributed by atoms with Gasteiger partial charge in [-0.25, -0.2) is 0 Å². The second-order valence-electron chi connectivity index (χ2n) is 3.97. The third kappa shape index (κ3) is 4.80. The van der Waals surface area contributed by atoms with Crippen molar-refractivity contribution < 1.29 is 24.2 Å². The Morgan fingerprint density at radius 2 is 1.86 bits per heavy atom. The first-order chi connectivity index (χ1) is 10.0. The number of rotatable bonds is 6. The Morgan fingerprint density at radius 3 is 2.43 bits per heavy atom. The maximum Gasteiger partial charge on any atom is 0.313 e. The number of nitrogens with one attached hydrogen (secondary N) is 2. The predicted octanol–water partition coefficient (Wildman–Crippen LogP) is 0.794. The molecule has 21 heavy (non-hydrogen) atoms. The highest BCUT2D eigenvalue weighted by molar-refractivity contribution is 6.40. The molecule has 0 unspecified atom stereocenters. The van der Waals surface area contributed by atoms with E-state index in [2.05, 4.69) is 10.6 Å². The van der Waals surface area contributed by atoms with E-state index in [0.29, 0.717) is 22.9 Å². The van der Waals surface area contributed by atoms with E-state index in [1.807, 2.05) is 0 Å². The summed E-state index contributed by atoms with van der Waals surface area (Å²) in [6.07, 6.45) is 0.372. The first kappa shape index (κ1) is 17.1. The van der Waals surface area contributed by atoms with Gasteiger partial charge in [-0.15, -0.1) is 0 Å². The molecule has 0 aliphatic heterocycles. The fourth-order valence-electron chi connectivity index (χ4n) is 1.50. The zero-order chi connectivity index (χ0) is 15.8. The first-order valence-electron chi connectivity index (χ1n) is 6.15. The van der Waals surface area contributed by atoms with Crippen molar-refractivity contribution in [3.63, 3.8) is 0 Å². The summed E-state index contributed by atoms with van der Waals surface area (Å²) in [5.74, 6) is -1.01. The molecule has 8 heteroatoms. The summed E-state index contributed by atoms with van der Waals surface area (Å²) in [5, 5.41) is 13.7. The van der Waals surface area contributed by atoms with Crippen LogP contribution < -0.4 is 20.1 Å². The van der Waals surface area contributed by atoms with Crippen molar-refractivity contribution >= 4 is 29.1 Å². The lowest BCUT2D eigenvalue weighted by Crippen LogP contribution is -2.36. The van der Waals surface area contributed by atoms with E-state index in [9.17, 15) is 9.59 Å². The highest BCUT2D eigenvalue weighted by atomic mass is 35.5. The number of anilines is 1. The average molecular weight is 317 g/mol. The summed E-state index contributed by atoms with van der Waals surface area (Å²) in [5.41, 5.74) is 0.265. The average Bonchev–Trinajstić information content (AvgIpc) is 2.48. The zero-order valence-electron chi connectivity index (χ0n) is 11.7. The summed E-state index contributed by atoms with van der Waals surface area (Å²) in [6, 6.07) is 2.93. The molecule has 0 bridgehead atoms. The third-order valence-corrected chi connectivity index (χ3v) is 2.84. The summed E-state index contributed by atoms with van der Waals surface area (Å²) in [6.45, 7) is 0.147. The maximum absolute atomic E-state index is 11.7. The predicted molar refractivity (Wildman–Crippen MR) is 77.9 cm³/mol. The maximum atomic E-state index is 11.7. The molecule has 0 aromatic heterocycles. The number of halogens is 1. The molecule has 116 valence electrons. The number of ether oxygens (including phenoxy) is 2. The number of methoxy groups -OCH3 is 2. The van der Waals surface area contributed by atoms with Gasteiger partial charge in [0.25, 0.3) is 0 Å². The highest BCUT2D eigenvalue weighted by Gasteiger charge is 2.17. The molecule has 2 amide bonds. The van der Waals surface area contributed by atoms with Gasteiger partial charge < -0.3 is 25.2 Å². The number of carbonyl (C=O) groups excluding carboxylic acids is 2. The first-order valence-corrected chi connectivity index (χ1v) is 6.52. The molecule has 0 aliphatic carbocycles. The molecule has 0 spiro atoms. The van der Waals surface area contributed by atoms with E-state index >= 15 is 0 Å². The molecular formula is C13H17ClN2O5. The molecule has 1 aromatic carbocycles. The van der Waals surface area contributed by atoms with Gasteiger partial charge in [-0.3, -0.25) is 9.59 Å². The van der Waals surface area contributed by atoms with Crippen LogP contribution in [0.4, 0.5) is 5.69 Å². The molecule has 0 saturated heterocycles. The van der Waals surface area contributed by atoms with Crippen molar-refractivity contribution in [2.45, 2.75) is 6.42 Å². The Bertz CT molecular complexity index is 522. The molecule has 0 heterocycles. The lowest BCUT2D eigenvalue weighted by atomic mass is 10.2. The zero-order valence-corrected chi connectivity index (χ0v) is 12.5. The van der Waals surface area contributed by atoms with Gasteiger partial charge in [0.15, 0.2) is 0 Å². The van der Waals surface area contributed by atoms with Crippen LogP contribution in [-0.2, 0) is 9.59 Å². The van der Waals surface area contributed by atoms with E-state index < -0.39 is 11.8 Å². The Morgan fingerprint density at radius 1 is 1.19 bits per heavy atom. The third-order valence-electron chi connectivity index (χ3n) is 2.55. The van der Waals surface area contributed by atoms with Crippen LogP contribution in [0.2, 0.25) is 5.02 Å². The van der Waals surface area contributed by atoms with Crippen LogP contribution in [0.25, 0.3) is 0 Å². The molecule has 0 aliphatic rings. The molecule has 0 atom stereocenters. The molecule has 0 saturated carbocycles. The number of aliphatic hydroxyl groups excluding tert-OH is 1. The Labute approximate surface area is 127 Å². The van der Waals surface area contributed by atoms with Gasteiger partial charge in [-0.2, -0.15) is 0 Å². The smallest absolute Gasteiger partial charge is 0.313 e. The molecular weight excluding hydrogens is 300 g/mol. The minimum absolute atomic E-state index is 0.0654. The van der Waals surface area contributed by atoms with Crippen molar-refractivity contribution in [3.8, 4) is 11.5 Å². The van der Waals surface area contributed by atoms with E-state index in [1.54, 1.807) is 0 Å². The van der Waals surface area contributed by atoms with Crippen LogP contribution in [0, 0.1) is 0 Å². The van der Waals surface area contributed by atoms with E-state index in [4.69, 9.17) is 26.2 Å². The van der Waals surface area contributed by atoms with E-state index in [-0.39, 0.29) is 18.8 Å². The van der Waals surface area contributed by atoms with Crippen LogP contribution in [0.3, 0.4) is 0 Å². The van der Waals surface area contributed by atoms with Crippen LogP contribution in [0.5, 0.6) is 11.5 Å². The van der Waals surface area contributed by atoms with Crippen LogP contribution in [-0.4, -0.2) is 44.3 Å². The standard InChI is InChI=1S/C13H17ClN2O5/c1-20-10-7-9(11(21-2)6-8(10)14)16-13(19)12(18)15-4-3-5-17/h6-7,17H,3-5H2,1-2H3,(H,15,18)(H,16,19). The van der Waals surface area contributed by atoms with Gasteiger partial charge in [-0.1, -0.05) is 11.6 Å². The lowest BCUT2D eigenvalue weighted by molar-refractivity contribution is -0.136. The fraction of sp³-hybridized carbons (Fsp3) is 0.385. The van der Waals surface area contributed by atoms with E-state index in [1.165, 1.54) is 26.4 Å².